The van der Waals surface area contributed by atoms with Gasteiger partial charge in [0.25, 0.3) is 0 Å². The SMILES string of the molecule is Clc1ccc(OCc2cc3ccccc3n2CCC2CCN(C(c3ccccc3)(c3ccccc3)c3ccccc3)CC2)cc1. The topological polar surface area (TPSA) is 17.4 Å². The maximum Gasteiger partial charge on any atom is 0.128 e. The zero-order chi connectivity index (χ0) is 30.5. The summed E-state index contributed by atoms with van der Waals surface area (Å²) in [7, 11) is 0. The van der Waals surface area contributed by atoms with Crippen molar-refractivity contribution in [2.45, 2.75) is 38.0 Å². The minimum atomic E-state index is -0.336. The van der Waals surface area contributed by atoms with E-state index in [9.17, 15) is 0 Å². The third kappa shape index (κ3) is 6.03. The molecule has 0 aliphatic carbocycles. The number of aromatic nitrogens is 1. The molecule has 4 heteroatoms. The van der Waals surface area contributed by atoms with Gasteiger partial charge in [-0.15, -0.1) is 0 Å². The maximum atomic E-state index is 6.20. The number of benzene rings is 5. The molecule has 1 aliphatic rings. The fourth-order valence-corrected chi connectivity index (χ4v) is 7.42. The summed E-state index contributed by atoms with van der Waals surface area (Å²) in [5.74, 6) is 1.50. The molecule has 0 radical (unpaired) electrons. The number of para-hydroxylation sites is 1. The molecular weight excluding hydrogens is 572 g/mol. The molecule has 1 aromatic heterocycles. The summed E-state index contributed by atoms with van der Waals surface area (Å²) in [5.41, 5.74) is 6.12. The smallest absolute Gasteiger partial charge is 0.128 e. The largest absolute Gasteiger partial charge is 0.487 e. The monoisotopic (exact) mass is 610 g/mol. The molecule has 2 heterocycles. The summed E-state index contributed by atoms with van der Waals surface area (Å²) < 4.78 is 8.67. The third-order valence-corrected chi connectivity index (χ3v) is 9.77. The second-order valence-corrected chi connectivity index (χ2v) is 12.6. The molecule has 0 spiro atoms. The Labute approximate surface area is 271 Å². The molecule has 0 atom stereocenters. The highest BCUT2D eigenvalue weighted by molar-refractivity contribution is 6.30. The zero-order valence-corrected chi connectivity index (χ0v) is 26.3. The predicted octanol–water partition coefficient (Wildman–Crippen LogP) is 9.97. The van der Waals surface area contributed by atoms with E-state index in [0.29, 0.717) is 12.5 Å². The van der Waals surface area contributed by atoms with Gasteiger partial charge in [-0.25, -0.2) is 0 Å². The quantitative estimate of drug-likeness (QED) is 0.144. The molecule has 6 aromatic rings. The van der Waals surface area contributed by atoms with Crippen molar-refractivity contribution in [3.05, 3.63) is 173 Å². The van der Waals surface area contributed by atoms with Crippen LogP contribution in [0.5, 0.6) is 5.75 Å². The Morgan fingerprint density at radius 3 is 1.76 bits per heavy atom. The van der Waals surface area contributed by atoms with Gasteiger partial charge in [0.1, 0.15) is 12.4 Å². The maximum absolute atomic E-state index is 6.20. The number of aryl methyl sites for hydroxylation is 1. The second-order valence-electron chi connectivity index (χ2n) is 12.1. The van der Waals surface area contributed by atoms with Crippen LogP contribution in [-0.2, 0) is 18.7 Å². The minimum absolute atomic E-state index is 0.336. The number of rotatable bonds is 10. The van der Waals surface area contributed by atoms with Crippen molar-refractivity contribution >= 4 is 22.5 Å². The Morgan fingerprint density at radius 2 is 1.18 bits per heavy atom. The Kier molecular flexibility index (Phi) is 8.73. The van der Waals surface area contributed by atoms with E-state index in [1.807, 2.05) is 24.3 Å². The van der Waals surface area contributed by atoms with E-state index in [1.165, 1.54) is 46.1 Å². The number of fused-ring (bicyclic) bond motifs is 1. The third-order valence-electron chi connectivity index (χ3n) is 9.52. The van der Waals surface area contributed by atoms with Crippen molar-refractivity contribution in [1.82, 2.24) is 9.47 Å². The number of hydrogen-bond donors (Lipinski definition) is 0. The van der Waals surface area contributed by atoms with Crippen LogP contribution in [-0.4, -0.2) is 22.6 Å². The van der Waals surface area contributed by atoms with Crippen LogP contribution in [0.2, 0.25) is 5.02 Å². The molecule has 0 N–H and O–H groups in total. The fourth-order valence-electron chi connectivity index (χ4n) is 7.29. The van der Waals surface area contributed by atoms with Crippen molar-refractivity contribution in [1.29, 1.82) is 0 Å². The fraction of sp³-hybridized carbons (Fsp3) is 0.220. The molecule has 7 rings (SSSR count). The first-order chi connectivity index (χ1) is 22.2. The van der Waals surface area contributed by atoms with Crippen LogP contribution in [0.3, 0.4) is 0 Å². The number of hydrogen-bond acceptors (Lipinski definition) is 2. The standard InChI is InChI=1S/C41H39ClN2O/c42-37-20-22-39(23-21-37)45-31-38-30-33-12-10-11-19-40(33)44(38)29-26-32-24-27-43(28-25-32)41(34-13-4-1-5-14-34,35-15-6-2-7-16-35)36-17-8-3-9-18-36/h1-23,30,32H,24-29,31H2. The molecule has 226 valence electrons. The van der Waals surface area contributed by atoms with Crippen molar-refractivity contribution in [3.8, 4) is 5.75 Å². The summed E-state index contributed by atoms with van der Waals surface area (Å²) >= 11 is 6.09. The molecule has 5 aromatic carbocycles. The number of piperidine rings is 1. The molecule has 0 saturated carbocycles. The predicted molar refractivity (Wildman–Crippen MR) is 186 cm³/mol. The summed E-state index contributed by atoms with van der Waals surface area (Å²) in [4.78, 5) is 2.74. The van der Waals surface area contributed by atoms with Crippen LogP contribution in [0.4, 0.5) is 0 Å². The van der Waals surface area contributed by atoms with Crippen LogP contribution >= 0.6 is 11.6 Å². The van der Waals surface area contributed by atoms with E-state index in [2.05, 4.69) is 131 Å². The number of ether oxygens (including phenoxy) is 1. The van der Waals surface area contributed by atoms with E-state index in [-0.39, 0.29) is 5.54 Å². The average molecular weight is 611 g/mol. The van der Waals surface area contributed by atoms with Gasteiger partial charge >= 0.3 is 0 Å². The number of likely N-dealkylation sites (tertiary alicyclic amines) is 1. The molecular formula is C41H39ClN2O. The van der Waals surface area contributed by atoms with Crippen LogP contribution in [0.15, 0.2) is 146 Å². The number of nitrogens with zero attached hydrogens (tertiary/aromatic N) is 2. The molecule has 1 fully saturated rings. The molecule has 0 amide bonds. The molecule has 1 aliphatic heterocycles. The van der Waals surface area contributed by atoms with Gasteiger partial charge in [0, 0.05) is 17.1 Å². The van der Waals surface area contributed by atoms with E-state index in [1.54, 1.807) is 0 Å². The van der Waals surface area contributed by atoms with Gasteiger partial charge in [-0.3, -0.25) is 4.90 Å². The summed E-state index contributed by atoms with van der Waals surface area (Å²) in [6, 6.07) is 51.8. The molecule has 45 heavy (non-hydrogen) atoms. The summed E-state index contributed by atoms with van der Waals surface area (Å²) in [6.07, 6.45) is 3.49. The highest BCUT2D eigenvalue weighted by atomic mass is 35.5. The van der Waals surface area contributed by atoms with Gasteiger partial charge in [0.2, 0.25) is 0 Å². The molecule has 0 bridgehead atoms. The lowest BCUT2D eigenvalue weighted by atomic mass is 9.74. The Balaban J connectivity index is 1.12. The highest BCUT2D eigenvalue weighted by Crippen LogP contribution is 2.44. The van der Waals surface area contributed by atoms with E-state index in [4.69, 9.17) is 16.3 Å². The molecule has 0 unspecified atom stereocenters. The van der Waals surface area contributed by atoms with Crippen LogP contribution in [0.25, 0.3) is 10.9 Å². The van der Waals surface area contributed by atoms with Crippen LogP contribution in [0.1, 0.15) is 41.6 Å². The lowest BCUT2D eigenvalue weighted by Crippen LogP contribution is -2.51. The Hall–Kier alpha value is -4.31. The first-order valence-electron chi connectivity index (χ1n) is 16.1. The lowest BCUT2D eigenvalue weighted by Gasteiger charge is -2.48. The normalized spacial score (nSPS) is 14.5. The van der Waals surface area contributed by atoms with Gasteiger partial charge in [-0.05, 0) is 96.7 Å². The molecule has 1 saturated heterocycles. The Morgan fingerprint density at radius 1 is 0.644 bits per heavy atom. The summed E-state index contributed by atoms with van der Waals surface area (Å²) in [5, 5.41) is 1.98. The van der Waals surface area contributed by atoms with Gasteiger partial charge < -0.3 is 9.30 Å². The van der Waals surface area contributed by atoms with Gasteiger partial charge in [-0.2, -0.15) is 0 Å². The molecule has 3 nitrogen and oxygen atoms in total. The van der Waals surface area contributed by atoms with Crippen molar-refractivity contribution < 1.29 is 4.74 Å². The average Bonchev–Trinajstić information content (AvgIpc) is 3.47. The minimum Gasteiger partial charge on any atom is -0.487 e. The Bertz CT molecular complexity index is 1710. The van der Waals surface area contributed by atoms with Crippen LogP contribution < -0.4 is 4.74 Å². The van der Waals surface area contributed by atoms with Crippen molar-refractivity contribution in [2.75, 3.05) is 13.1 Å². The highest BCUT2D eigenvalue weighted by Gasteiger charge is 2.43. The zero-order valence-electron chi connectivity index (χ0n) is 25.6. The number of halogens is 1. The van der Waals surface area contributed by atoms with Crippen molar-refractivity contribution in [2.24, 2.45) is 5.92 Å². The van der Waals surface area contributed by atoms with Gasteiger partial charge in [0.15, 0.2) is 0 Å². The summed E-state index contributed by atoms with van der Waals surface area (Å²) in [6.45, 7) is 3.60. The van der Waals surface area contributed by atoms with Crippen LogP contribution in [0, 0.1) is 5.92 Å². The van der Waals surface area contributed by atoms with Gasteiger partial charge in [-0.1, -0.05) is 121 Å². The van der Waals surface area contributed by atoms with E-state index < -0.39 is 0 Å². The first-order valence-corrected chi connectivity index (χ1v) is 16.5. The van der Waals surface area contributed by atoms with E-state index in [0.717, 1.165) is 36.8 Å². The van der Waals surface area contributed by atoms with Gasteiger partial charge in [0.05, 0.1) is 11.2 Å². The lowest BCUT2D eigenvalue weighted by molar-refractivity contribution is 0.0977. The van der Waals surface area contributed by atoms with Crippen molar-refractivity contribution in [3.63, 3.8) is 0 Å². The van der Waals surface area contributed by atoms with E-state index >= 15 is 0 Å². The second kappa shape index (κ2) is 13.4. The first kappa shape index (κ1) is 29.4.